The second-order valence-corrected chi connectivity index (χ2v) is 3.97. The SMILES string of the molecule is C=CCS/C=C(\OC(C)=O)c1ccccc1. The second-order valence-electron chi connectivity index (χ2n) is 3.06. The maximum Gasteiger partial charge on any atom is 0.308 e. The zero-order valence-electron chi connectivity index (χ0n) is 9.18. The number of carbonyl (C=O) groups excluding carboxylic acids is 1. The van der Waals surface area contributed by atoms with Gasteiger partial charge in [0.05, 0.1) is 0 Å². The summed E-state index contributed by atoms with van der Waals surface area (Å²) in [5, 5.41) is 1.83. The van der Waals surface area contributed by atoms with E-state index in [0.29, 0.717) is 5.76 Å². The lowest BCUT2D eigenvalue weighted by Crippen LogP contribution is -1.97. The molecule has 0 saturated heterocycles. The molecular formula is C13H14O2S. The van der Waals surface area contributed by atoms with E-state index in [1.807, 2.05) is 35.7 Å². The molecule has 0 bridgehead atoms. The van der Waals surface area contributed by atoms with Crippen molar-refractivity contribution in [2.75, 3.05) is 5.75 Å². The number of thioether (sulfide) groups is 1. The Morgan fingerprint density at radius 1 is 1.44 bits per heavy atom. The van der Waals surface area contributed by atoms with Crippen LogP contribution >= 0.6 is 11.8 Å². The van der Waals surface area contributed by atoms with Crippen molar-refractivity contribution < 1.29 is 9.53 Å². The maximum absolute atomic E-state index is 11.0. The molecule has 1 aromatic rings. The van der Waals surface area contributed by atoms with Gasteiger partial charge in [-0.1, -0.05) is 36.4 Å². The summed E-state index contributed by atoms with van der Waals surface area (Å²) >= 11 is 1.54. The fraction of sp³-hybridized carbons (Fsp3) is 0.154. The summed E-state index contributed by atoms with van der Waals surface area (Å²) in [5.74, 6) is 1.06. The lowest BCUT2D eigenvalue weighted by atomic mass is 10.2. The number of rotatable bonds is 5. The van der Waals surface area contributed by atoms with E-state index >= 15 is 0 Å². The van der Waals surface area contributed by atoms with E-state index in [9.17, 15) is 4.79 Å². The first-order valence-electron chi connectivity index (χ1n) is 4.90. The van der Waals surface area contributed by atoms with Crippen LogP contribution in [0.1, 0.15) is 12.5 Å². The molecule has 0 N–H and O–H groups in total. The van der Waals surface area contributed by atoms with Gasteiger partial charge in [-0.25, -0.2) is 0 Å². The highest BCUT2D eigenvalue weighted by Gasteiger charge is 2.04. The summed E-state index contributed by atoms with van der Waals surface area (Å²) < 4.78 is 5.15. The molecule has 0 aliphatic carbocycles. The van der Waals surface area contributed by atoms with Gasteiger partial charge in [0.2, 0.25) is 0 Å². The van der Waals surface area contributed by atoms with Crippen molar-refractivity contribution in [1.29, 1.82) is 0 Å². The van der Waals surface area contributed by atoms with Crippen molar-refractivity contribution in [3.05, 3.63) is 54.0 Å². The maximum atomic E-state index is 11.0. The van der Waals surface area contributed by atoms with Gasteiger partial charge >= 0.3 is 5.97 Å². The van der Waals surface area contributed by atoms with E-state index in [-0.39, 0.29) is 5.97 Å². The summed E-state index contributed by atoms with van der Waals surface area (Å²) in [6, 6.07) is 9.55. The van der Waals surface area contributed by atoms with Crippen LogP contribution in [0.25, 0.3) is 5.76 Å². The standard InChI is InChI=1S/C13H14O2S/c1-3-9-16-10-13(15-11(2)14)12-7-5-4-6-8-12/h3-8,10H,1,9H2,2H3/b13-10-. The molecule has 0 unspecified atom stereocenters. The zero-order chi connectivity index (χ0) is 11.8. The van der Waals surface area contributed by atoms with Crippen molar-refractivity contribution in [2.24, 2.45) is 0 Å². The van der Waals surface area contributed by atoms with Crippen LogP contribution in [0.3, 0.4) is 0 Å². The van der Waals surface area contributed by atoms with Gasteiger partial charge in [-0.3, -0.25) is 4.79 Å². The number of benzene rings is 1. The summed E-state index contributed by atoms with van der Waals surface area (Å²) in [6.45, 7) is 5.03. The van der Waals surface area contributed by atoms with Gasteiger partial charge in [0.15, 0.2) is 0 Å². The molecule has 1 aromatic carbocycles. The molecular weight excluding hydrogens is 220 g/mol. The van der Waals surface area contributed by atoms with Crippen LogP contribution < -0.4 is 0 Å². The van der Waals surface area contributed by atoms with Crippen LogP contribution in [0.2, 0.25) is 0 Å². The lowest BCUT2D eigenvalue weighted by molar-refractivity contribution is -0.134. The van der Waals surface area contributed by atoms with Crippen molar-refractivity contribution >= 4 is 23.5 Å². The van der Waals surface area contributed by atoms with Gasteiger partial charge in [-0.15, -0.1) is 18.3 Å². The summed E-state index contributed by atoms with van der Waals surface area (Å²) in [4.78, 5) is 11.0. The number of hydrogen-bond acceptors (Lipinski definition) is 3. The predicted octanol–water partition coefficient (Wildman–Crippen LogP) is 3.47. The molecule has 0 aliphatic rings. The molecule has 16 heavy (non-hydrogen) atoms. The highest BCUT2D eigenvalue weighted by atomic mass is 32.2. The van der Waals surface area contributed by atoms with E-state index in [1.54, 1.807) is 17.8 Å². The summed E-state index contributed by atoms with van der Waals surface area (Å²) in [5.41, 5.74) is 0.897. The van der Waals surface area contributed by atoms with Gasteiger partial charge in [0.25, 0.3) is 0 Å². The Morgan fingerprint density at radius 2 is 2.12 bits per heavy atom. The molecule has 0 amide bonds. The zero-order valence-corrected chi connectivity index (χ0v) is 10.00. The summed E-state index contributed by atoms with van der Waals surface area (Å²) in [6.07, 6.45) is 1.80. The van der Waals surface area contributed by atoms with Crippen molar-refractivity contribution in [3.8, 4) is 0 Å². The third-order valence-electron chi connectivity index (χ3n) is 1.72. The fourth-order valence-corrected chi connectivity index (χ4v) is 1.67. The third kappa shape index (κ3) is 4.36. The quantitative estimate of drug-likeness (QED) is 0.338. The Balaban J connectivity index is 2.82. The highest BCUT2D eigenvalue weighted by molar-refractivity contribution is 8.02. The fourth-order valence-electron chi connectivity index (χ4n) is 1.10. The van der Waals surface area contributed by atoms with Crippen molar-refractivity contribution in [1.82, 2.24) is 0 Å². The molecule has 0 aromatic heterocycles. The topological polar surface area (TPSA) is 26.3 Å². The van der Waals surface area contributed by atoms with Crippen LogP contribution in [0.5, 0.6) is 0 Å². The Bertz CT molecular complexity index is 382. The highest BCUT2D eigenvalue weighted by Crippen LogP contribution is 2.20. The van der Waals surface area contributed by atoms with Gasteiger partial charge in [0.1, 0.15) is 5.76 Å². The average molecular weight is 234 g/mol. The lowest BCUT2D eigenvalue weighted by Gasteiger charge is -2.06. The average Bonchev–Trinajstić information content (AvgIpc) is 2.29. The minimum atomic E-state index is -0.311. The molecule has 0 heterocycles. The molecule has 2 nitrogen and oxygen atoms in total. The Hall–Kier alpha value is -1.48. The summed E-state index contributed by atoms with van der Waals surface area (Å²) in [7, 11) is 0. The molecule has 0 radical (unpaired) electrons. The molecule has 3 heteroatoms. The minimum Gasteiger partial charge on any atom is -0.426 e. The van der Waals surface area contributed by atoms with E-state index in [4.69, 9.17) is 4.74 Å². The first-order chi connectivity index (χ1) is 7.74. The Labute approximate surface area is 100 Å². The molecule has 0 spiro atoms. The van der Waals surface area contributed by atoms with Crippen LogP contribution in [0.4, 0.5) is 0 Å². The van der Waals surface area contributed by atoms with E-state index in [1.165, 1.54) is 6.92 Å². The van der Waals surface area contributed by atoms with Crippen LogP contribution in [0, 0.1) is 0 Å². The molecule has 84 valence electrons. The van der Waals surface area contributed by atoms with E-state index in [0.717, 1.165) is 11.3 Å². The number of carbonyl (C=O) groups is 1. The minimum absolute atomic E-state index is 0.311. The number of esters is 1. The first-order valence-corrected chi connectivity index (χ1v) is 5.95. The van der Waals surface area contributed by atoms with Crippen LogP contribution in [-0.4, -0.2) is 11.7 Å². The molecule has 0 saturated carbocycles. The van der Waals surface area contributed by atoms with Gasteiger partial charge in [0, 0.05) is 23.6 Å². The largest absolute Gasteiger partial charge is 0.426 e. The Kier molecular flexibility index (Phi) is 5.43. The van der Waals surface area contributed by atoms with Gasteiger partial charge in [-0.05, 0) is 0 Å². The van der Waals surface area contributed by atoms with Crippen LogP contribution in [0.15, 0.2) is 48.4 Å². The van der Waals surface area contributed by atoms with Crippen molar-refractivity contribution in [2.45, 2.75) is 6.92 Å². The first kappa shape index (κ1) is 12.6. The normalized spacial score (nSPS) is 10.9. The van der Waals surface area contributed by atoms with E-state index in [2.05, 4.69) is 6.58 Å². The van der Waals surface area contributed by atoms with Gasteiger partial charge < -0.3 is 4.74 Å². The van der Waals surface area contributed by atoms with Crippen LogP contribution in [-0.2, 0) is 9.53 Å². The number of hydrogen-bond donors (Lipinski definition) is 0. The number of ether oxygens (including phenoxy) is 1. The van der Waals surface area contributed by atoms with E-state index < -0.39 is 0 Å². The second kappa shape index (κ2) is 6.90. The predicted molar refractivity (Wildman–Crippen MR) is 68.8 cm³/mol. The molecule has 1 rings (SSSR count). The molecule has 0 aliphatic heterocycles. The van der Waals surface area contributed by atoms with Crippen molar-refractivity contribution in [3.63, 3.8) is 0 Å². The molecule has 0 atom stereocenters. The Morgan fingerprint density at radius 3 is 2.69 bits per heavy atom. The monoisotopic (exact) mass is 234 g/mol. The van der Waals surface area contributed by atoms with Gasteiger partial charge in [-0.2, -0.15) is 0 Å². The molecule has 0 fully saturated rings. The third-order valence-corrected chi connectivity index (χ3v) is 2.53. The smallest absolute Gasteiger partial charge is 0.308 e.